The van der Waals surface area contributed by atoms with Crippen molar-refractivity contribution in [2.75, 3.05) is 13.7 Å². The number of nitrogens with zero attached hydrogens (tertiary/aromatic N) is 2. The van der Waals surface area contributed by atoms with Gasteiger partial charge in [0.2, 0.25) is 0 Å². The number of carbonyl (C=O) groups excluding carboxylic acids is 1. The summed E-state index contributed by atoms with van der Waals surface area (Å²) in [7, 11) is 1.27. The SMILES string of the molecule is COC(=O)C(N)COc1nc(C)cc(C)n1. The molecule has 1 unspecified atom stereocenters. The molecule has 6 nitrogen and oxygen atoms in total. The predicted octanol–water partition coefficient (Wildman–Crippen LogP) is -0.0275. The minimum Gasteiger partial charge on any atom is -0.468 e. The lowest BCUT2D eigenvalue weighted by Gasteiger charge is -2.10. The van der Waals surface area contributed by atoms with E-state index in [1.54, 1.807) is 0 Å². The minimum atomic E-state index is -0.825. The number of aromatic nitrogens is 2. The van der Waals surface area contributed by atoms with Crippen LogP contribution in [0.5, 0.6) is 6.01 Å². The largest absolute Gasteiger partial charge is 0.468 e. The molecule has 0 aliphatic rings. The van der Waals surface area contributed by atoms with E-state index in [0.717, 1.165) is 11.4 Å². The van der Waals surface area contributed by atoms with Crippen molar-refractivity contribution in [3.05, 3.63) is 17.5 Å². The summed E-state index contributed by atoms with van der Waals surface area (Å²) in [5.41, 5.74) is 7.10. The number of rotatable bonds is 4. The van der Waals surface area contributed by atoms with E-state index in [4.69, 9.17) is 10.5 Å². The Hall–Kier alpha value is -1.69. The molecule has 0 aromatic carbocycles. The monoisotopic (exact) mass is 225 g/mol. The Morgan fingerprint density at radius 1 is 1.44 bits per heavy atom. The Kier molecular flexibility index (Phi) is 4.19. The first kappa shape index (κ1) is 12.4. The average Bonchev–Trinajstić information content (AvgIpc) is 2.23. The number of carbonyl (C=O) groups is 1. The lowest BCUT2D eigenvalue weighted by atomic mass is 10.3. The quantitative estimate of drug-likeness (QED) is 0.724. The van der Waals surface area contributed by atoms with Crippen LogP contribution in [0.1, 0.15) is 11.4 Å². The van der Waals surface area contributed by atoms with Gasteiger partial charge in [0.05, 0.1) is 7.11 Å². The molecule has 0 spiro atoms. The number of nitrogens with two attached hydrogens (primary N) is 1. The average molecular weight is 225 g/mol. The molecule has 0 aliphatic heterocycles. The van der Waals surface area contributed by atoms with E-state index in [0.29, 0.717) is 0 Å². The van der Waals surface area contributed by atoms with E-state index >= 15 is 0 Å². The van der Waals surface area contributed by atoms with E-state index in [-0.39, 0.29) is 12.6 Å². The smallest absolute Gasteiger partial charge is 0.326 e. The Morgan fingerprint density at radius 2 is 2.00 bits per heavy atom. The van der Waals surface area contributed by atoms with Crippen LogP contribution in [0, 0.1) is 13.8 Å². The second-order valence-corrected chi connectivity index (χ2v) is 3.37. The molecule has 0 radical (unpaired) electrons. The second-order valence-electron chi connectivity index (χ2n) is 3.37. The Bertz CT molecular complexity index is 361. The van der Waals surface area contributed by atoms with Crippen molar-refractivity contribution < 1.29 is 14.3 Å². The van der Waals surface area contributed by atoms with Gasteiger partial charge < -0.3 is 15.2 Å². The minimum absolute atomic E-state index is 0.00440. The normalized spacial score (nSPS) is 12.0. The number of esters is 1. The first-order chi connectivity index (χ1) is 7.52. The van der Waals surface area contributed by atoms with Crippen molar-refractivity contribution in [1.82, 2.24) is 9.97 Å². The molecule has 0 saturated heterocycles. The summed E-state index contributed by atoms with van der Waals surface area (Å²) in [4.78, 5) is 19.1. The summed E-state index contributed by atoms with van der Waals surface area (Å²) < 4.78 is 9.67. The zero-order valence-corrected chi connectivity index (χ0v) is 9.56. The Balaban J connectivity index is 2.57. The van der Waals surface area contributed by atoms with Gasteiger partial charge in [-0.25, -0.2) is 9.97 Å². The first-order valence-electron chi connectivity index (χ1n) is 4.81. The highest BCUT2D eigenvalue weighted by Crippen LogP contribution is 2.06. The van der Waals surface area contributed by atoms with Gasteiger partial charge in [0.1, 0.15) is 12.6 Å². The van der Waals surface area contributed by atoms with Gasteiger partial charge in [0.25, 0.3) is 0 Å². The number of ether oxygens (including phenoxy) is 2. The number of hydrogen-bond donors (Lipinski definition) is 1. The van der Waals surface area contributed by atoms with Gasteiger partial charge >= 0.3 is 12.0 Å². The van der Waals surface area contributed by atoms with Crippen molar-refractivity contribution >= 4 is 5.97 Å². The lowest BCUT2D eigenvalue weighted by molar-refractivity contribution is -0.142. The molecule has 0 amide bonds. The summed E-state index contributed by atoms with van der Waals surface area (Å²) in [5.74, 6) is -0.524. The van der Waals surface area contributed by atoms with Crippen LogP contribution in [0.25, 0.3) is 0 Å². The van der Waals surface area contributed by atoms with E-state index in [1.807, 2.05) is 19.9 Å². The van der Waals surface area contributed by atoms with Crippen LogP contribution in [-0.2, 0) is 9.53 Å². The standard InChI is InChI=1S/C10H15N3O3/c1-6-4-7(2)13-10(12-6)16-5-8(11)9(14)15-3/h4,8H,5,11H2,1-3H3. The zero-order chi connectivity index (χ0) is 12.1. The van der Waals surface area contributed by atoms with E-state index in [2.05, 4.69) is 14.7 Å². The van der Waals surface area contributed by atoms with Crippen molar-refractivity contribution in [3.8, 4) is 6.01 Å². The van der Waals surface area contributed by atoms with Gasteiger partial charge in [-0.2, -0.15) is 0 Å². The van der Waals surface area contributed by atoms with E-state index in [1.165, 1.54) is 7.11 Å². The summed E-state index contributed by atoms with van der Waals surface area (Å²) in [6.07, 6.45) is 0. The highest BCUT2D eigenvalue weighted by atomic mass is 16.5. The molecular weight excluding hydrogens is 210 g/mol. The molecule has 0 bridgehead atoms. The third-order valence-electron chi connectivity index (χ3n) is 1.86. The third-order valence-corrected chi connectivity index (χ3v) is 1.86. The highest BCUT2D eigenvalue weighted by Gasteiger charge is 2.15. The van der Waals surface area contributed by atoms with Gasteiger partial charge in [-0.1, -0.05) is 0 Å². The van der Waals surface area contributed by atoms with Gasteiger partial charge in [-0.05, 0) is 19.9 Å². The summed E-state index contributed by atoms with van der Waals surface area (Å²) >= 11 is 0. The molecule has 0 saturated carbocycles. The molecule has 1 heterocycles. The maximum atomic E-state index is 11.0. The van der Waals surface area contributed by atoms with Gasteiger partial charge in [-0.15, -0.1) is 0 Å². The Morgan fingerprint density at radius 3 is 2.50 bits per heavy atom. The zero-order valence-electron chi connectivity index (χ0n) is 9.56. The van der Waals surface area contributed by atoms with E-state index < -0.39 is 12.0 Å². The lowest BCUT2D eigenvalue weighted by Crippen LogP contribution is -2.37. The molecule has 1 aromatic heterocycles. The first-order valence-corrected chi connectivity index (χ1v) is 4.81. The van der Waals surface area contributed by atoms with Crippen LogP contribution in [0.15, 0.2) is 6.07 Å². The van der Waals surface area contributed by atoms with E-state index in [9.17, 15) is 4.79 Å². The van der Waals surface area contributed by atoms with Crippen molar-refractivity contribution in [3.63, 3.8) is 0 Å². The molecule has 6 heteroatoms. The maximum absolute atomic E-state index is 11.0. The fourth-order valence-corrected chi connectivity index (χ4v) is 1.14. The van der Waals surface area contributed by atoms with Crippen LogP contribution in [-0.4, -0.2) is 35.7 Å². The fourth-order valence-electron chi connectivity index (χ4n) is 1.14. The molecule has 0 fully saturated rings. The Labute approximate surface area is 93.8 Å². The van der Waals surface area contributed by atoms with Crippen LogP contribution in [0.4, 0.5) is 0 Å². The highest BCUT2D eigenvalue weighted by molar-refractivity contribution is 5.75. The molecule has 16 heavy (non-hydrogen) atoms. The molecule has 88 valence electrons. The van der Waals surface area contributed by atoms with Crippen LogP contribution in [0.2, 0.25) is 0 Å². The van der Waals surface area contributed by atoms with Crippen molar-refractivity contribution in [2.45, 2.75) is 19.9 Å². The molecule has 2 N–H and O–H groups in total. The van der Waals surface area contributed by atoms with Gasteiger partial charge in [-0.3, -0.25) is 4.79 Å². The topological polar surface area (TPSA) is 87.3 Å². The molecule has 1 rings (SSSR count). The third kappa shape index (κ3) is 3.47. The molecule has 1 aromatic rings. The van der Waals surface area contributed by atoms with Crippen LogP contribution in [0.3, 0.4) is 0 Å². The summed E-state index contributed by atoms with van der Waals surface area (Å²) in [5, 5.41) is 0. The van der Waals surface area contributed by atoms with Crippen molar-refractivity contribution in [2.24, 2.45) is 5.73 Å². The summed E-state index contributed by atoms with van der Waals surface area (Å²) in [6, 6.07) is 1.22. The molecule has 1 atom stereocenters. The second kappa shape index (κ2) is 5.41. The fraction of sp³-hybridized carbons (Fsp3) is 0.500. The van der Waals surface area contributed by atoms with Crippen molar-refractivity contribution in [1.29, 1.82) is 0 Å². The number of aryl methyl sites for hydroxylation is 2. The summed E-state index contributed by atoms with van der Waals surface area (Å²) in [6.45, 7) is 3.67. The van der Waals surface area contributed by atoms with Crippen LogP contribution >= 0.6 is 0 Å². The van der Waals surface area contributed by atoms with Crippen LogP contribution < -0.4 is 10.5 Å². The number of hydrogen-bond acceptors (Lipinski definition) is 6. The molecular formula is C10H15N3O3. The number of methoxy groups -OCH3 is 1. The maximum Gasteiger partial charge on any atom is 0.326 e. The van der Waals surface area contributed by atoms with Gasteiger partial charge in [0.15, 0.2) is 0 Å². The molecule has 0 aliphatic carbocycles. The predicted molar refractivity (Wildman–Crippen MR) is 57.0 cm³/mol. The van der Waals surface area contributed by atoms with Gasteiger partial charge in [0, 0.05) is 11.4 Å².